The third kappa shape index (κ3) is 6.10. The summed E-state index contributed by atoms with van der Waals surface area (Å²) in [5.41, 5.74) is 1.76. The third-order valence-corrected chi connectivity index (χ3v) is 4.60. The molecule has 4 rings (SSSR count). The summed E-state index contributed by atoms with van der Waals surface area (Å²) in [6.07, 6.45) is 0. The number of nitrogens with zero attached hydrogens (tertiary/aromatic N) is 2. The smallest absolute Gasteiger partial charge is 0.344 e. The van der Waals surface area contributed by atoms with Gasteiger partial charge in [-0.05, 0) is 42.0 Å². The lowest BCUT2D eigenvalue weighted by Gasteiger charge is -2.08. The number of hydrogen-bond acceptors (Lipinski definition) is 8. The van der Waals surface area contributed by atoms with Gasteiger partial charge in [-0.1, -0.05) is 47.6 Å². The molecule has 0 amide bonds. The average Bonchev–Trinajstić information content (AvgIpc) is 3.35. The first-order chi connectivity index (χ1) is 16.2. The molecular weight excluding hydrogens is 424 g/mol. The molecule has 0 aliphatic heterocycles. The van der Waals surface area contributed by atoms with Crippen LogP contribution in [0.15, 0.2) is 83.4 Å². The highest BCUT2D eigenvalue weighted by atomic mass is 16.6. The third-order valence-electron chi connectivity index (χ3n) is 4.60. The zero-order valence-electron chi connectivity index (χ0n) is 18.0. The number of aromatic nitrogens is 2. The fraction of sp³-hybridized carbons (Fsp3) is 0.160. The molecule has 8 heteroatoms. The van der Waals surface area contributed by atoms with E-state index in [2.05, 4.69) is 10.1 Å². The Morgan fingerprint density at radius 1 is 0.848 bits per heavy atom. The SMILES string of the molecule is COc1ccccc1-c1noc(COC(=O)COc2ccc(OCc3ccccc3)cc2)n1. The molecule has 1 aromatic heterocycles. The summed E-state index contributed by atoms with van der Waals surface area (Å²) in [6.45, 7) is 0.0656. The zero-order valence-corrected chi connectivity index (χ0v) is 18.0. The molecule has 0 N–H and O–H groups in total. The Bertz CT molecular complexity index is 1170. The first kappa shape index (κ1) is 21.9. The van der Waals surface area contributed by atoms with Gasteiger partial charge in [0.1, 0.15) is 23.9 Å². The summed E-state index contributed by atoms with van der Waals surface area (Å²) in [6, 6.07) is 24.2. The second kappa shape index (κ2) is 10.8. The predicted octanol–water partition coefficient (Wildman–Crippen LogP) is 4.45. The van der Waals surface area contributed by atoms with Crippen LogP contribution in [0.2, 0.25) is 0 Å². The van der Waals surface area contributed by atoms with E-state index in [0.29, 0.717) is 35.2 Å². The lowest BCUT2D eigenvalue weighted by atomic mass is 10.2. The van der Waals surface area contributed by atoms with Crippen molar-refractivity contribution < 1.29 is 28.3 Å². The summed E-state index contributed by atoms with van der Waals surface area (Å²) in [7, 11) is 1.56. The van der Waals surface area contributed by atoms with E-state index < -0.39 is 5.97 Å². The Kier molecular flexibility index (Phi) is 7.17. The van der Waals surface area contributed by atoms with Crippen LogP contribution in [0.4, 0.5) is 0 Å². The molecule has 0 bridgehead atoms. The molecule has 0 radical (unpaired) electrons. The fourth-order valence-electron chi connectivity index (χ4n) is 2.95. The highest BCUT2D eigenvalue weighted by molar-refractivity contribution is 5.71. The minimum absolute atomic E-state index is 0.156. The monoisotopic (exact) mass is 446 g/mol. The second-order valence-electron chi connectivity index (χ2n) is 6.91. The van der Waals surface area contributed by atoms with Crippen molar-refractivity contribution in [2.75, 3.05) is 13.7 Å². The van der Waals surface area contributed by atoms with E-state index in [1.807, 2.05) is 48.5 Å². The number of carbonyl (C=O) groups excluding carboxylic acids is 1. The molecule has 3 aromatic carbocycles. The van der Waals surface area contributed by atoms with E-state index in [-0.39, 0.29) is 19.1 Å². The summed E-state index contributed by atoms with van der Waals surface area (Å²) in [5.74, 6) is 1.81. The number of ether oxygens (including phenoxy) is 4. The Morgan fingerprint density at radius 2 is 1.55 bits per heavy atom. The summed E-state index contributed by atoms with van der Waals surface area (Å²) in [5, 5.41) is 3.91. The molecule has 0 spiro atoms. The van der Waals surface area contributed by atoms with Gasteiger partial charge >= 0.3 is 5.97 Å². The number of rotatable bonds is 10. The van der Waals surface area contributed by atoms with Gasteiger partial charge in [0.05, 0.1) is 12.7 Å². The lowest BCUT2D eigenvalue weighted by Crippen LogP contribution is -2.14. The van der Waals surface area contributed by atoms with Gasteiger partial charge in [-0.2, -0.15) is 4.98 Å². The van der Waals surface area contributed by atoms with Crippen molar-refractivity contribution in [3.8, 4) is 28.6 Å². The lowest BCUT2D eigenvalue weighted by molar-refractivity contribution is -0.148. The van der Waals surface area contributed by atoms with Crippen LogP contribution < -0.4 is 14.2 Å². The van der Waals surface area contributed by atoms with Crippen LogP contribution in [0.1, 0.15) is 11.5 Å². The Hall–Kier alpha value is -4.33. The largest absolute Gasteiger partial charge is 0.496 e. The number of esters is 1. The zero-order chi connectivity index (χ0) is 22.9. The molecule has 0 aliphatic rings. The van der Waals surface area contributed by atoms with Gasteiger partial charge < -0.3 is 23.5 Å². The first-order valence-corrected chi connectivity index (χ1v) is 10.2. The van der Waals surface area contributed by atoms with Gasteiger partial charge in [-0.15, -0.1) is 0 Å². The van der Waals surface area contributed by atoms with Crippen LogP contribution in [0.3, 0.4) is 0 Å². The molecule has 33 heavy (non-hydrogen) atoms. The van der Waals surface area contributed by atoms with Gasteiger partial charge in [0.2, 0.25) is 5.82 Å². The molecule has 0 unspecified atom stereocenters. The van der Waals surface area contributed by atoms with Gasteiger partial charge in [0.15, 0.2) is 13.2 Å². The fourth-order valence-corrected chi connectivity index (χ4v) is 2.95. The molecule has 0 atom stereocenters. The Balaban J connectivity index is 1.22. The van der Waals surface area contributed by atoms with E-state index in [1.165, 1.54) is 0 Å². The van der Waals surface area contributed by atoms with Crippen molar-refractivity contribution in [1.29, 1.82) is 0 Å². The van der Waals surface area contributed by atoms with Gasteiger partial charge in [0, 0.05) is 0 Å². The number of carbonyl (C=O) groups is 1. The van der Waals surface area contributed by atoms with Crippen LogP contribution in [-0.4, -0.2) is 29.8 Å². The maximum atomic E-state index is 12.0. The molecular formula is C25H22N2O6. The van der Waals surface area contributed by atoms with E-state index in [4.69, 9.17) is 23.5 Å². The van der Waals surface area contributed by atoms with Crippen molar-refractivity contribution in [3.05, 3.63) is 90.3 Å². The molecule has 1 heterocycles. The van der Waals surface area contributed by atoms with Crippen LogP contribution in [0.5, 0.6) is 17.2 Å². The molecule has 8 nitrogen and oxygen atoms in total. The van der Waals surface area contributed by atoms with Crippen molar-refractivity contribution in [2.45, 2.75) is 13.2 Å². The molecule has 0 saturated heterocycles. The minimum Gasteiger partial charge on any atom is -0.496 e. The van der Waals surface area contributed by atoms with E-state index in [0.717, 1.165) is 5.56 Å². The molecule has 0 fully saturated rings. The van der Waals surface area contributed by atoms with Crippen molar-refractivity contribution in [2.24, 2.45) is 0 Å². The number of methoxy groups -OCH3 is 1. The molecule has 168 valence electrons. The highest BCUT2D eigenvalue weighted by Crippen LogP contribution is 2.27. The van der Waals surface area contributed by atoms with Crippen LogP contribution in [0, 0.1) is 0 Å². The van der Waals surface area contributed by atoms with Crippen LogP contribution in [0.25, 0.3) is 11.4 Å². The summed E-state index contributed by atoms with van der Waals surface area (Å²) >= 11 is 0. The number of benzene rings is 3. The maximum absolute atomic E-state index is 12.0. The van der Waals surface area contributed by atoms with E-state index in [9.17, 15) is 4.79 Å². The average molecular weight is 446 g/mol. The van der Waals surface area contributed by atoms with Crippen molar-refractivity contribution in [1.82, 2.24) is 10.1 Å². The van der Waals surface area contributed by atoms with Crippen molar-refractivity contribution >= 4 is 5.97 Å². The van der Waals surface area contributed by atoms with Crippen LogP contribution >= 0.6 is 0 Å². The first-order valence-electron chi connectivity index (χ1n) is 10.2. The molecule has 0 aliphatic carbocycles. The van der Waals surface area contributed by atoms with Crippen molar-refractivity contribution in [3.63, 3.8) is 0 Å². The summed E-state index contributed by atoms with van der Waals surface area (Å²) in [4.78, 5) is 16.3. The normalized spacial score (nSPS) is 10.5. The Morgan fingerprint density at radius 3 is 2.30 bits per heavy atom. The number of para-hydroxylation sites is 1. The number of hydrogen-bond donors (Lipinski definition) is 0. The second-order valence-corrected chi connectivity index (χ2v) is 6.91. The highest BCUT2D eigenvalue weighted by Gasteiger charge is 2.14. The van der Waals surface area contributed by atoms with Crippen LogP contribution in [-0.2, 0) is 22.7 Å². The minimum atomic E-state index is -0.559. The van der Waals surface area contributed by atoms with E-state index in [1.54, 1.807) is 37.4 Å². The summed E-state index contributed by atoms with van der Waals surface area (Å²) < 4.78 is 26.8. The standard InChI is InChI=1S/C25H22N2O6/c1-29-22-10-6-5-9-21(22)25-26-23(33-27-25)16-32-24(28)17-31-20-13-11-19(12-14-20)30-15-18-7-3-2-4-8-18/h2-14H,15-17H2,1H3. The Labute approximate surface area is 190 Å². The van der Waals surface area contributed by atoms with Gasteiger partial charge in [-0.3, -0.25) is 0 Å². The predicted molar refractivity (Wildman–Crippen MR) is 119 cm³/mol. The quantitative estimate of drug-likeness (QED) is 0.330. The molecule has 0 saturated carbocycles. The molecule has 4 aromatic rings. The topological polar surface area (TPSA) is 92.9 Å². The maximum Gasteiger partial charge on any atom is 0.344 e. The van der Waals surface area contributed by atoms with Gasteiger partial charge in [-0.25, -0.2) is 4.79 Å². The van der Waals surface area contributed by atoms with Gasteiger partial charge in [0.25, 0.3) is 5.89 Å². The van der Waals surface area contributed by atoms with E-state index >= 15 is 0 Å².